The van der Waals surface area contributed by atoms with Crippen LogP contribution in [0, 0.1) is 0 Å². The highest BCUT2D eigenvalue weighted by molar-refractivity contribution is 7.99. The van der Waals surface area contributed by atoms with E-state index in [0.29, 0.717) is 11.6 Å². The average molecular weight is 244 g/mol. The molecule has 0 aliphatic carbocycles. The molecule has 0 spiro atoms. The molecule has 4 heteroatoms. The molecule has 2 rings (SSSR count). The smallest absolute Gasteiger partial charge is 0.0595 e. The van der Waals surface area contributed by atoms with E-state index in [0.717, 1.165) is 19.6 Å². The fourth-order valence-corrected chi connectivity index (χ4v) is 4.26. The largest absolute Gasteiger partial charge is 0.381 e. The van der Waals surface area contributed by atoms with Crippen molar-refractivity contribution in [3.05, 3.63) is 0 Å². The molecule has 0 aromatic rings. The number of rotatable bonds is 3. The summed E-state index contributed by atoms with van der Waals surface area (Å²) in [6, 6.07) is 0. The van der Waals surface area contributed by atoms with Crippen LogP contribution in [0.5, 0.6) is 0 Å². The van der Waals surface area contributed by atoms with Crippen LogP contribution in [0.15, 0.2) is 0 Å². The summed E-state index contributed by atoms with van der Waals surface area (Å²) in [4.78, 5) is 2.63. The molecule has 1 atom stereocenters. The maximum Gasteiger partial charge on any atom is 0.0595 e. The highest BCUT2D eigenvalue weighted by Gasteiger charge is 2.38. The minimum absolute atomic E-state index is 0.293. The molecule has 0 bridgehead atoms. The normalized spacial score (nSPS) is 34.1. The first-order chi connectivity index (χ1) is 7.80. The van der Waals surface area contributed by atoms with E-state index in [-0.39, 0.29) is 0 Å². The molecule has 2 fully saturated rings. The molecule has 2 saturated heterocycles. The van der Waals surface area contributed by atoms with Gasteiger partial charge in [0, 0.05) is 38.0 Å². The van der Waals surface area contributed by atoms with Gasteiger partial charge in [0.1, 0.15) is 0 Å². The van der Waals surface area contributed by atoms with Crippen molar-refractivity contribution in [2.24, 2.45) is 5.73 Å². The minimum Gasteiger partial charge on any atom is -0.381 e. The third kappa shape index (κ3) is 2.55. The molecule has 2 heterocycles. The number of methoxy groups -OCH3 is 1. The summed E-state index contributed by atoms with van der Waals surface area (Å²) in [6.07, 6.45) is 5.42. The summed E-state index contributed by atoms with van der Waals surface area (Å²) in [5, 5.41) is 0. The first kappa shape index (κ1) is 12.7. The highest BCUT2D eigenvalue weighted by atomic mass is 32.2. The van der Waals surface area contributed by atoms with Gasteiger partial charge in [-0.1, -0.05) is 0 Å². The summed E-state index contributed by atoms with van der Waals surface area (Å²) >= 11 is 2.07. The number of hydrogen-bond donors (Lipinski definition) is 1. The van der Waals surface area contributed by atoms with Crippen LogP contribution in [0.1, 0.15) is 25.7 Å². The predicted molar refractivity (Wildman–Crippen MR) is 69.9 cm³/mol. The van der Waals surface area contributed by atoms with E-state index in [9.17, 15) is 0 Å². The molecule has 16 heavy (non-hydrogen) atoms. The lowest BCUT2D eigenvalue weighted by molar-refractivity contribution is 0.00156. The second-order valence-corrected chi connectivity index (χ2v) is 6.11. The number of nitrogens with zero attached hydrogens (tertiary/aromatic N) is 1. The quantitative estimate of drug-likeness (QED) is 0.813. The number of likely N-dealkylation sites (tertiary alicyclic amines) is 1. The molecule has 0 aromatic carbocycles. The molecule has 0 radical (unpaired) electrons. The zero-order chi connectivity index (χ0) is 11.4. The Morgan fingerprint density at radius 1 is 1.44 bits per heavy atom. The summed E-state index contributed by atoms with van der Waals surface area (Å²) in [5.74, 6) is 2.54. The fraction of sp³-hybridized carbons (Fsp3) is 1.00. The Morgan fingerprint density at radius 2 is 2.19 bits per heavy atom. The van der Waals surface area contributed by atoms with Gasteiger partial charge in [-0.25, -0.2) is 0 Å². The average Bonchev–Trinajstić information content (AvgIpc) is 2.39. The second kappa shape index (κ2) is 5.71. The molecule has 0 saturated carbocycles. The summed E-state index contributed by atoms with van der Waals surface area (Å²) in [6.45, 7) is 3.14. The van der Waals surface area contributed by atoms with E-state index in [1.165, 1.54) is 37.2 Å². The van der Waals surface area contributed by atoms with Crippen LogP contribution >= 0.6 is 11.8 Å². The number of thioether (sulfide) groups is 1. The Labute approximate surface area is 103 Å². The maximum atomic E-state index is 6.05. The first-order valence-electron chi connectivity index (χ1n) is 6.36. The first-order valence-corrected chi connectivity index (χ1v) is 7.52. The van der Waals surface area contributed by atoms with E-state index >= 15 is 0 Å². The lowest BCUT2D eigenvalue weighted by Gasteiger charge is -2.48. The van der Waals surface area contributed by atoms with Gasteiger partial charge in [0.05, 0.1) is 6.10 Å². The van der Waals surface area contributed by atoms with Crippen molar-refractivity contribution in [2.75, 3.05) is 38.2 Å². The van der Waals surface area contributed by atoms with Crippen molar-refractivity contribution in [1.29, 1.82) is 0 Å². The monoisotopic (exact) mass is 244 g/mol. The maximum absolute atomic E-state index is 6.05. The van der Waals surface area contributed by atoms with Gasteiger partial charge in [-0.3, -0.25) is 4.90 Å². The Kier molecular flexibility index (Phi) is 4.53. The summed E-state index contributed by atoms with van der Waals surface area (Å²) in [5.41, 5.74) is 6.34. The fourth-order valence-electron chi connectivity index (χ4n) is 2.94. The topological polar surface area (TPSA) is 38.5 Å². The van der Waals surface area contributed by atoms with E-state index in [2.05, 4.69) is 16.7 Å². The van der Waals surface area contributed by atoms with E-state index in [1.807, 2.05) is 7.11 Å². The Balaban J connectivity index is 1.94. The lowest BCUT2D eigenvalue weighted by atomic mass is 9.90. The van der Waals surface area contributed by atoms with Crippen molar-refractivity contribution >= 4 is 11.8 Å². The lowest BCUT2D eigenvalue weighted by Crippen LogP contribution is -2.59. The van der Waals surface area contributed by atoms with E-state index in [4.69, 9.17) is 10.5 Å². The van der Waals surface area contributed by atoms with Crippen LogP contribution in [-0.4, -0.2) is 54.8 Å². The molecule has 1 unspecified atom stereocenters. The predicted octanol–water partition coefficient (Wildman–Crippen LogP) is 1.32. The molecule has 2 N–H and O–H groups in total. The Morgan fingerprint density at radius 3 is 2.69 bits per heavy atom. The zero-order valence-electron chi connectivity index (χ0n) is 10.3. The third-order valence-corrected chi connectivity index (χ3v) is 5.45. The van der Waals surface area contributed by atoms with Gasteiger partial charge in [0.2, 0.25) is 0 Å². The zero-order valence-corrected chi connectivity index (χ0v) is 11.1. The summed E-state index contributed by atoms with van der Waals surface area (Å²) < 4.78 is 5.43. The van der Waals surface area contributed by atoms with Crippen LogP contribution in [0.3, 0.4) is 0 Å². The highest BCUT2D eigenvalue weighted by Crippen LogP contribution is 2.33. The van der Waals surface area contributed by atoms with Crippen molar-refractivity contribution in [2.45, 2.75) is 37.3 Å². The molecular formula is C12H24N2OS. The standard InChI is InChI=1S/C12H24N2OS/c1-15-11-3-6-14(7-4-11)12(9-13)5-2-8-16-10-12/h11H,2-10,13H2,1H3. The van der Waals surface area contributed by atoms with Gasteiger partial charge < -0.3 is 10.5 Å². The molecule has 94 valence electrons. The molecule has 0 aromatic heterocycles. The number of piperidine rings is 1. The van der Waals surface area contributed by atoms with Gasteiger partial charge in [-0.05, 0) is 31.4 Å². The summed E-state index contributed by atoms with van der Waals surface area (Å²) in [7, 11) is 1.83. The van der Waals surface area contributed by atoms with E-state index in [1.54, 1.807) is 0 Å². The Hall–Kier alpha value is 0.230. The van der Waals surface area contributed by atoms with Crippen LogP contribution in [0.25, 0.3) is 0 Å². The van der Waals surface area contributed by atoms with Gasteiger partial charge in [0.15, 0.2) is 0 Å². The Bertz CT molecular complexity index is 211. The minimum atomic E-state index is 0.293. The molecular weight excluding hydrogens is 220 g/mol. The van der Waals surface area contributed by atoms with Crippen molar-refractivity contribution < 1.29 is 4.74 Å². The van der Waals surface area contributed by atoms with E-state index < -0.39 is 0 Å². The van der Waals surface area contributed by atoms with Crippen LogP contribution in [0.2, 0.25) is 0 Å². The molecule has 2 aliphatic heterocycles. The molecule has 2 aliphatic rings. The number of hydrogen-bond acceptors (Lipinski definition) is 4. The van der Waals surface area contributed by atoms with Gasteiger partial charge in [-0.15, -0.1) is 0 Å². The van der Waals surface area contributed by atoms with Crippen LogP contribution < -0.4 is 5.73 Å². The van der Waals surface area contributed by atoms with Crippen molar-refractivity contribution in [3.8, 4) is 0 Å². The van der Waals surface area contributed by atoms with Crippen LogP contribution in [0.4, 0.5) is 0 Å². The molecule has 3 nitrogen and oxygen atoms in total. The number of ether oxygens (including phenoxy) is 1. The van der Waals surface area contributed by atoms with Gasteiger partial charge >= 0.3 is 0 Å². The van der Waals surface area contributed by atoms with Gasteiger partial charge in [-0.2, -0.15) is 11.8 Å². The van der Waals surface area contributed by atoms with Crippen LogP contribution in [-0.2, 0) is 4.74 Å². The molecule has 0 amide bonds. The van der Waals surface area contributed by atoms with Gasteiger partial charge in [0.25, 0.3) is 0 Å². The third-order valence-electron chi connectivity index (χ3n) is 4.13. The van der Waals surface area contributed by atoms with Crippen molar-refractivity contribution in [3.63, 3.8) is 0 Å². The SMILES string of the molecule is COC1CCN(C2(CN)CCCSC2)CC1. The van der Waals surface area contributed by atoms with Crippen molar-refractivity contribution in [1.82, 2.24) is 4.90 Å². The second-order valence-electron chi connectivity index (χ2n) is 5.01. The number of nitrogens with two attached hydrogens (primary N) is 1.